The van der Waals surface area contributed by atoms with E-state index in [0.29, 0.717) is 31.5 Å². The highest BCUT2D eigenvalue weighted by atomic mass is 16.7. The van der Waals surface area contributed by atoms with Gasteiger partial charge in [-0.2, -0.15) is 9.75 Å². The first-order valence-electron chi connectivity index (χ1n) is 20.9. The molecule has 15 nitrogen and oxygen atoms in total. The maximum atomic E-state index is 14.7. The lowest BCUT2D eigenvalue weighted by atomic mass is 9.73. The zero-order valence-corrected chi connectivity index (χ0v) is 36.1. The van der Waals surface area contributed by atoms with Crippen molar-refractivity contribution in [3.63, 3.8) is 0 Å². The number of benzene rings is 1. The van der Waals surface area contributed by atoms with Crippen molar-refractivity contribution in [3.8, 4) is 0 Å². The van der Waals surface area contributed by atoms with Gasteiger partial charge in [-0.25, -0.2) is 9.80 Å². The molecule has 0 radical (unpaired) electrons. The van der Waals surface area contributed by atoms with Crippen molar-refractivity contribution >= 4 is 34.5 Å². The summed E-state index contributed by atoms with van der Waals surface area (Å²) in [5.41, 5.74) is 0.0733. The van der Waals surface area contributed by atoms with Crippen LogP contribution < -0.4 is 0 Å². The Labute approximate surface area is 342 Å². The Morgan fingerprint density at radius 1 is 1.09 bits per heavy atom. The number of nitrogens with zero attached hydrogens (tertiary/aromatic N) is 4. The number of ketones is 1. The Bertz CT molecular complexity index is 1850. The summed E-state index contributed by atoms with van der Waals surface area (Å²) in [7, 11) is 5.30. The monoisotopic (exact) mass is 811 g/mol. The summed E-state index contributed by atoms with van der Waals surface area (Å²) in [6.07, 6.45) is -0.602. The third-order valence-corrected chi connectivity index (χ3v) is 13.5. The molecule has 322 valence electrons. The molecule has 2 N–H and O–H groups in total. The highest BCUT2D eigenvalue weighted by molar-refractivity contribution is 6.00. The lowest BCUT2D eigenvalue weighted by molar-refractivity contribution is -0.494. The van der Waals surface area contributed by atoms with Crippen LogP contribution in [0.15, 0.2) is 30.5 Å². The number of nitrogens with one attached hydrogen (secondary N) is 1. The molecule has 13 atom stereocenters. The van der Waals surface area contributed by atoms with Gasteiger partial charge in [-0.1, -0.05) is 45.9 Å². The molecule has 58 heavy (non-hydrogen) atoms. The lowest BCUT2D eigenvalue weighted by Crippen LogP contribution is -2.61. The van der Waals surface area contributed by atoms with Gasteiger partial charge in [0.05, 0.1) is 23.7 Å². The number of aromatic nitrogens is 1. The molecule has 1 aromatic heterocycles. The summed E-state index contributed by atoms with van der Waals surface area (Å²) in [5, 5.41) is 30.7. The molecule has 0 saturated carbocycles. The van der Waals surface area contributed by atoms with Crippen LogP contribution in [0.2, 0.25) is 0 Å². The third kappa shape index (κ3) is 8.02. The number of aliphatic hydroxyl groups excluding tert-OH is 1. The zero-order valence-electron chi connectivity index (χ0n) is 36.1. The second kappa shape index (κ2) is 17.2. The number of H-pyrrole nitrogens is 1. The van der Waals surface area contributed by atoms with Crippen molar-refractivity contribution in [2.75, 3.05) is 34.4 Å². The molecule has 4 aliphatic heterocycles. The lowest BCUT2D eigenvalue weighted by Gasteiger charge is -2.47. The summed E-state index contributed by atoms with van der Waals surface area (Å²) in [4.78, 5) is 47.9. The molecule has 2 bridgehead atoms. The molecule has 3 saturated heterocycles. The van der Waals surface area contributed by atoms with Gasteiger partial charge >= 0.3 is 12.1 Å². The van der Waals surface area contributed by atoms with Crippen LogP contribution in [0.1, 0.15) is 86.6 Å². The highest BCUT2D eigenvalue weighted by Crippen LogP contribution is 2.45. The third-order valence-electron chi connectivity index (χ3n) is 13.5. The van der Waals surface area contributed by atoms with E-state index >= 15 is 0 Å². The number of carbonyl (C=O) groups is 3. The smallest absolute Gasteiger partial charge is 0.425 e. The Morgan fingerprint density at radius 3 is 2.47 bits per heavy atom. The van der Waals surface area contributed by atoms with Crippen molar-refractivity contribution in [2.24, 2.45) is 23.7 Å². The van der Waals surface area contributed by atoms with Gasteiger partial charge in [-0.15, -0.1) is 0 Å². The molecular weight excluding hydrogens is 746 g/mol. The second-order valence-electron chi connectivity index (χ2n) is 17.8. The Morgan fingerprint density at radius 2 is 1.79 bits per heavy atom. The maximum absolute atomic E-state index is 14.7. The number of ether oxygens (including phenoxy) is 5. The standard InChI is InChI=1S/C43H65N5O10/c1-12-33-43(8)37-26(4)34(47(53)23-46(48(37)41(52)58-43)19-15-16-29-22-44-31-18-14-13-17-30(29)31)24(2)21-42(7,54-11)38(27(5)35(49)28(6)39(51)56-33)57-40-36(50)32(45(9)10)20-25(3)55-40/h13-14,17-18,22,24-28,32-33,36-38,40,44,50H,12,15-16,19-21,23H2,1-11H3/t24-,25-,26-,27+,28-,32+,33+,36-,37-,38-,40+,42+,43-/m1/s1. The summed E-state index contributed by atoms with van der Waals surface area (Å²) >= 11 is 0. The van der Waals surface area contributed by atoms with Crippen LogP contribution in [0.3, 0.4) is 0 Å². The summed E-state index contributed by atoms with van der Waals surface area (Å²) in [6.45, 7) is 14.7. The Balaban J connectivity index is 1.41. The topological polar surface area (TPSA) is 169 Å². The number of aryl methyl sites for hydroxylation is 1. The van der Waals surface area contributed by atoms with Crippen molar-refractivity contribution in [2.45, 2.75) is 141 Å². The number of likely N-dealkylation sites (N-methyl/N-ethyl adjacent to an activating group) is 1. The molecule has 0 spiro atoms. The van der Waals surface area contributed by atoms with Gasteiger partial charge in [-0.05, 0) is 85.5 Å². The van der Waals surface area contributed by atoms with Crippen molar-refractivity contribution < 1.29 is 47.9 Å². The molecule has 3 fully saturated rings. The fourth-order valence-electron chi connectivity index (χ4n) is 10.4. The predicted molar refractivity (Wildman–Crippen MR) is 217 cm³/mol. The molecule has 5 heterocycles. The summed E-state index contributed by atoms with van der Waals surface area (Å²) in [6, 6.07) is 7.07. The molecule has 0 aliphatic carbocycles. The van der Waals surface area contributed by atoms with Gasteiger partial charge in [0.15, 0.2) is 23.4 Å². The molecule has 2 aromatic rings. The molecule has 1 amide bonds. The fraction of sp³-hybridized carbons (Fsp3) is 0.721. The van der Waals surface area contributed by atoms with E-state index in [1.807, 2.05) is 78.0 Å². The fourth-order valence-corrected chi connectivity index (χ4v) is 10.4. The number of amides is 1. The van der Waals surface area contributed by atoms with Gasteiger partial charge < -0.3 is 43.9 Å². The van der Waals surface area contributed by atoms with Crippen molar-refractivity contribution in [1.82, 2.24) is 19.9 Å². The SMILES string of the molecule is CC[C@@H]1OC(=O)[C@H](C)C(=O)[C@H](C)[C@@H](O[C@@H]2O[C@H](C)C[C@H](N(C)C)[C@H]2O)[C@@](C)(OC)C[C@@H](C)C2=[N+]([O-])CN(CCCc3c[nH]c4ccccc34)N3C(=O)O[C@@]1(C)[C@H]3[C@@H]2C. The Kier molecular flexibility index (Phi) is 13.0. The second-order valence-corrected chi connectivity index (χ2v) is 17.8. The number of carbonyl (C=O) groups excluding carboxylic acids is 3. The molecule has 6 rings (SSSR count). The van der Waals surface area contributed by atoms with Crippen LogP contribution in [0.5, 0.6) is 0 Å². The van der Waals surface area contributed by atoms with E-state index in [0.717, 1.165) is 21.2 Å². The normalized spacial score (nSPS) is 38.2. The van der Waals surface area contributed by atoms with Gasteiger partial charge in [0.2, 0.25) is 6.67 Å². The van der Waals surface area contributed by atoms with Crippen molar-refractivity contribution in [3.05, 3.63) is 41.2 Å². The van der Waals surface area contributed by atoms with E-state index in [4.69, 9.17) is 23.7 Å². The first kappa shape index (κ1) is 44.0. The minimum Gasteiger partial charge on any atom is -0.623 e. The van der Waals surface area contributed by atoms with Crippen LogP contribution in [0, 0.1) is 28.9 Å². The molecule has 15 heteroatoms. The van der Waals surface area contributed by atoms with Crippen LogP contribution in [0.25, 0.3) is 10.9 Å². The number of cyclic esters (lactones) is 1. The zero-order chi connectivity index (χ0) is 42.4. The van der Waals surface area contributed by atoms with Crippen LogP contribution in [-0.2, 0) is 39.7 Å². The number of para-hydroxylation sites is 1. The largest absolute Gasteiger partial charge is 0.623 e. The van der Waals surface area contributed by atoms with E-state index < -0.39 is 83.4 Å². The highest BCUT2D eigenvalue weighted by Gasteiger charge is 2.63. The van der Waals surface area contributed by atoms with Gasteiger partial charge in [0.25, 0.3) is 0 Å². The minimum atomic E-state index is -1.38. The number of fused-ring (bicyclic) bond motifs is 2. The first-order chi connectivity index (χ1) is 27.4. The number of Topliss-reactive ketones (excluding diaryl/α,β-unsaturated/α-hetero) is 1. The number of aromatic amines is 1. The molecular formula is C43H65N5O10. The number of aliphatic hydroxyl groups is 1. The number of hydrazine groups is 1. The molecule has 0 unspecified atom stereocenters. The number of methoxy groups -OCH3 is 1. The van der Waals surface area contributed by atoms with Gasteiger partial charge in [-0.3, -0.25) is 9.59 Å². The average Bonchev–Trinajstić information content (AvgIpc) is 3.68. The van der Waals surface area contributed by atoms with Crippen LogP contribution in [0.4, 0.5) is 4.79 Å². The number of hydrogen-bond donors (Lipinski definition) is 2. The maximum Gasteiger partial charge on any atom is 0.425 e. The van der Waals surface area contributed by atoms with Crippen molar-refractivity contribution in [1.29, 1.82) is 0 Å². The van der Waals surface area contributed by atoms with E-state index in [1.54, 1.807) is 23.9 Å². The quantitative estimate of drug-likeness (QED) is 0.153. The number of esters is 1. The van der Waals surface area contributed by atoms with Gasteiger partial charge in [0, 0.05) is 48.6 Å². The number of rotatable bonds is 9. The van der Waals surface area contributed by atoms with E-state index in [9.17, 15) is 24.7 Å². The van der Waals surface area contributed by atoms with Gasteiger partial charge in [0.1, 0.15) is 24.2 Å². The number of hydroxylamine groups is 1. The van der Waals surface area contributed by atoms with E-state index in [-0.39, 0.29) is 31.7 Å². The van der Waals surface area contributed by atoms with Crippen LogP contribution >= 0.6 is 0 Å². The Hall–Kier alpha value is -3.60. The van der Waals surface area contributed by atoms with E-state index in [1.165, 1.54) is 14.0 Å². The summed E-state index contributed by atoms with van der Waals surface area (Å²) in [5.74, 6) is -4.40. The number of hydrogen-bond acceptors (Lipinski definition) is 12. The minimum absolute atomic E-state index is 0.141. The molecule has 1 aromatic carbocycles. The van der Waals surface area contributed by atoms with Crippen LogP contribution in [-0.4, -0.2) is 142 Å². The molecule has 4 aliphatic rings. The summed E-state index contributed by atoms with van der Waals surface area (Å²) < 4.78 is 32.7. The van der Waals surface area contributed by atoms with E-state index in [2.05, 4.69) is 11.1 Å². The predicted octanol–water partition coefficient (Wildman–Crippen LogP) is 4.87. The average molecular weight is 812 g/mol. The first-order valence-corrected chi connectivity index (χ1v) is 20.9.